The number of hydrogen-bond donors (Lipinski definition) is 1. The van der Waals surface area contributed by atoms with Crippen molar-refractivity contribution in [1.82, 2.24) is 0 Å². The minimum atomic E-state index is 0.299. The highest BCUT2D eigenvalue weighted by molar-refractivity contribution is 6.01. The molecule has 13 heavy (non-hydrogen) atoms. The van der Waals surface area contributed by atoms with Crippen molar-refractivity contribution >= 4 is 5.71 Å². The van der Waals surface area contributed by atoms with Gasteiger partial charge in [-0.1, -0.05) is 49.3 Å². The van der Waals surface area contributed by atoms with Crippen molar-refractivity contribution in [2.24, 2.45) is 11.1 Å². The number of nitrogens with zero attached hydrogens (tertiary/aromatic N) is 1. The Morgan fingerprint density at radius 1 is 1.38 bits per heavy atom. The van der Waals surface area contributed by atoms with Crippen LogP contribution in [0.3, 0.4) is 0 Å². The molecule has 1 aromatic carbocycles. The van der Waals surface area contributed by atoms with Crippen LogP contribution in [0, 0.1) is 5.92 Å². The molecule has 0 heterocycles. The smallest absolute Gasteiger partial charge is 0.0895 e. The Bertz CT molecular complexity index is 279. The van der Waals surface area contributed by atoms with Gasteiger partial charge in [-0.15, -0.1) is 0 Å². The molecule has 0 bridgehead atoms. The first-order valence-electron chi connectivity index (χ1n) is 4.57. The Balaban J connectivity index is 2.93. The molecule has 1 N–H and O–H groups in total. The monoisotopic (exact) mass is 177 g/mol. The van der Waals surface area contributed by atoms with Gasteiger partial charge >= 0.3 is 0 Å². The zero-order valence-corrected chi connectivity index (χ0v) is 8.07. The molecule has 0 aromatic heterocycles. The molecular formula is C11H15NO. The molecule has 1 aromatic rings. The first kappa shape index (κ1) is 9.78. The molecule has 0 amide bonds. The molecule has 0 aliphatic carbocycles. The summed E-state index contributed by atoms with van der Waals surface area (Å²) in [7, 11) is 0. The van der Waals surface area contributed by atoms with E-state index in [0.717, 1.165) is 17.7 Å². The summed E-state index contributed by atoms with van der Waals surface area (Å²) in [6.07, 6.45) is 0.980. The molecule has 0 unspecified atom stereocenters. The van der Waals surface area contributed by atoms with Gasteiger partial charge in [-0.2, -0.15) is 0 Å². The van der Waals surface area contributed by atoms with Crippen LogP contribution in [-0.4, -0.2) is 10.9 Å². The highest BCUT2D eigenvalue weighted by atomic mass is 16.4. The average Bonchev–Trinajstić information content (AvgIpc) is 2.20. The van der Waals surface area contributed by atoms with Gasteiger partial charge in [0.1, 0.15) is 0 Å². The molecule has 0 radical (unpaired) electrons. The molecular weight excluding hydrogens is 162 g/mol. The third-order valence-electron chi connectivity index (χ3n) is 2.26. The van der Waals surface area contributed by atoms with Gasteiger partial charge in [0.05, 0.1) is 5.71 Å². The van der Waals surface area contributed by atoms with Gasteiger partial charge in [-0.05, 0) is 12.0 Å². The molecule has 1 atom stereocenters. The fourth-order valence-corrected chi connectivity index (χ4v) is 1.24. The lowest BCUT2D eigenvalue weighted by atomic mass is 9.96. The average molecular weight is 177 g/mol. The zero-order valence-electron chi connectivity index (χ0n) is 8.07. The summed E-state index contributed by atoms with van der Waals surface area (Å²) in [5.74, 6) is 0.299. The maximum atomic E-state index is 8.87. The lowest BCUT2D eigenvalue weighted by Gasteiger charge is -2.10. The van der Waals surface area contributed by atoms with Gasteiger partial charge < -0.3 is 5.21 Å². The van der Waals surface area contributed by atoms with Crippen LogP contribution in [0.1, 0.15) is 25.8 Å². The fraction of sp³-hybridized carbons (Fsp3) is 0.364. The minimum Gasteiger partial charge on any atom is -0.411 e. The van der Waals surface area contributed by atoms with Gasteiger partial charge in [0.25, 0.3) is 0 Å². The Morgan fingerprint density at radius 3 is 2.46 bits per heavy atom. The van der Waals surface area contributed by atoms with E-state index in [1.807, 2.05) is 30.3 Å². The Hall–Kier alpha value is -1.31. The van der Waals surface area contributed by atoms with Crippen LogP contribution >= 0.6 is 0 Å². The minimum absolute atomic E-state index is 0.299. The maximum absolute atomic E-state index is 8.87. The Labute approximate surface area is 78.9 Å². The maximum Gasteiger partial charge on any atom is 0.0895 e. The van der Waals surface area contributed by atoms with Crippen LogP contribution in [0.15, 0.2) is 35.5 Å². The fourth-order valence-electron chi connectivity index (χ4n) is 1.24. The predicted molar refractivity (Wildman–Crippen MR) is 54.2 cm³/mol. The van der Waals surface area contributed by atoms with Crippen molar-refractivity contribution in [2.45, 2.75) is 20.3 Å². The zero-order chi connectivity index (χ0) is 9.68. The van der Waals surface area contributed by atoms with Crippen molar-refractivity contribution in [3.8, 4) is 0 Å². The van der Waals surface area contributed by atoms with Gasteiger partial charge in [0.15, 0.2) is 0 Å². The number of oxime groups is 1. The van der Waals surface area contributed by atoms with Crippen LogP contribution in [0.2, 0.25) is 0 Å². The van der Waals surface area contributed by atoms with Crippen molar-refractivity contribution < 1.29 is 5.21 Å². The molecule has 0 saturated heterocycles. The van der Waals surface area contributed by atoms with Gasteiger partial charge in [0, 0.05) is 5.92 Å². The SMILES string of the molecule is CC[C@@H](C)C(=NO)c1ccccc1. The molecule has 1 rings (SSSR count). The first-order chi connectivity index (χ1) is 6.29. The number of benzene rings is 1. The van der Waals surface area contributed by atoms with E-state index in [1.54, 1.807) is 0 Å². The second kappa shape index (κ2) is 4.65. The summed E-state index contributed by atoms with van der Waals surface area (Å²) < 4.78 is 0. The van der Waals surface area contributed by atoms with Crippen molar-refractivity contribution in [3.05, 3.63) is 35.9 Å². The van der Waals surface area contributed by atoms with Crippen LogP contribution in [0.4, 0.5) is 0 Å². The quantitative estimate of drug-likeness (QED) is 0.430. The Morgan fingerprint density at radius 2 is 2.00 bits per heavy atom. The van der Waals surface area contributed by atoms with Gasteiger partial charge in [-0.25, -0.2) is 0 Å². The summed E-state index contributed by atoms with van der Waals surface area (Å²) in [6, 6.07) is 9.77. The summed E-state index contributed by atoms with van der Waals surface area (Å²) >= 11 is 0. The normalized spacial score (nSPS) is 14.2. The van der Waals surface area contributed by atoms with Crippen molar-refractivity contribution in [1.29, 1.82) is 0 Å². The number of rotatable bonds is 3. The number of hydrogen-bond acceptors (Lipinski definition) is 2. The molecule has 0 fully saturated rings. The van der Waals surface area contributed by atoms with E-state index >= 15 is 0 Å². The van der Waals surface area contributed by atoms with E-state index in [2.05, 4.69) is 19.0 Å². The molecule has 0 spiro atoms. The van der Waals surface area contributed by atoms with E-state index in [-0.39, 0.29) is 0 Å². The lowest BCUT2D eigenvalue weighted by molar-refractivity contribution is 0.315. The topological polar surface area (TPSA) is 32.6 Å². The van der Waals surface area contributed by atoms with Crippen LogP contribution in [0.25, 0.3) is 0 Å². The first-order valence-corrected chi connectivity index (χ1v) is 4.57. The largest absolute Gasteiger partial charge is 0.411 e. The van der Waals surface area contributed by atoms with Crippen LogP contribution in [-0.2, 0) is 0 Å². The molecule has 70 valence electrons. The molecule has 2 nitrogen and oxygen atoms in total. The molecule has 0 aliphatic heterocycles. The summed E-state index contributed by atoms with van der Waals surface area (Å²) in [5.41, 5.74) is 1.77. The summed E-state index contributed by atoms with van der Waals surface area (Å²) in [4.78, 5) is 0. The van der Waals surface area contributed by atoms with E-state index in [0.29, 0.717) is 5.92 Å². The van der Waals surface area contributed by atoms with Crippen molar-refractivity contribution in [3.63, 3.8) is 0 Å². The standard InChI is InChI=1S/C11H15NO/c1-3-9(2)11(12-13)10-7-5-4-6-8-10/h4-9,13H,3H2,1-2H3/t9-/m1/s1. The second-order valence-electron chi connectivity index (χ2n) is 3.16. The van der Waals surface area contributed by atoms with Crippen LogP contribution in [0.5, 0.6) is 0 Å². The third kappa shape index (κ3) is 2.31. The van der Waals surface area contributed by atoms with Crippen molar-refractivity contribution in [2.75, 3.05) is 0 Å². The van der Waals surface area contributed by atoms with E-state index in [4.69, 9.17) is 5.21 Å². The predicted octanol–water partition coefficient (Wildman–Crippen LogP) is 2.91. The molecule has 2 heteroatoms. The lowest BCUT2D eigenvalue weighted by Crippen LogP contribution is -2.11. The summed E-state index contributed by atoms with van der Waals surface area (Å²) in [6.45, 7) is 4.14. The van der Waals surface area contributed by atoms with Gasteiger partial charge in [0.2, 0.25) is 0 Å². The van der Waals surface area contributed by atoms with Gasteiger partial charge in [-0.3, -0.25) is 0 Å². The molecule has 0 saturated carbocycles. The highest BCUT2D eigenvalue weighted by Gasteiger charge is 2.10. The molecule has 0 aliphatic rings. The second-order valence-corrected chi connectivity index (χ2v) is 3.16. The third-order valence-corrected chi connectivity index (χ3v) is 2.26. The highest BCUT2D eigenvalue weighted by Crippen LogP contribution is 2.12. The Kier molecular flexibility index (Phi) is 3.50. The van der Waals surface area contributed by atoms with E-state index in [1.165, 1.54) is 0 Å². The van der Waals surface area contributed by atoms with E-state index in [9.17, 15) is 0 Å². The van der Waals surface area contributed by atoms with E-state index < -0.39 is 0 Å². The van der Waals surface area contributed by atoms with Crippen LogP contribution < -0.4 is 0 Å². The summed E-state index contributed by atoms with van der Waals surface area (Å²) in [5, 5.41) is 12.2.